The number of amides is 1. The summed E-state index contributed by atoms with van der Waals surface area (Å²) in [5.74, 6) is -0.258. The van der Waals surface area contributed by atoms with Crippen LogP contribution in [-0.4, -0.2) is 17.0 Å². The van der Waals surface area contributed by atoms with Crippen molar-refractivity contribution >= 4 is 18.0 Å². The summed E-state index contributed by atoms with van der Waals surface area (Å²) in [5.41, 5.74) is 1.25. The van der Waals surface area contributed by atoms with Crippen LogP contribution in [0.3, 0.4) is 0 Å². The van der Waals surface area contributed by atoms with Crippen LogP contribution < -0.4 is 5.32 Å². The van der Waals surface area contributed by atoms with Crippen molar-refractivity contribution in [2.75, 3.05) is 0 Å². The molecule has 0 radical (unpaired) electrons. The Hall–Kier alpha value is -4.05. The molecule has 1 aromatic carbocycles. The Labute approximate surface area is 160 Å². The number of carbonyl (C=O) groups is 2. The zero-order valence-electron chi connectivity index (χ0n) is 14.9. The second-order valence-corrected chi connectivity index (χ2v) is 5.92. The van der Waals surface area contributed by atoms with E-state index in [4.69, 9.17) is 8.83 Å². The number of furan rings is 2. The van der Waals surface area contributed by atoms with Crippen LogP contribution in [0.2, 0.25) is 0 Å². The van der Waals surface area contributed by atoms with Gasteiger partial charge < -0.3 is 19.3 Å². The third kappa shape index (κ3) is 4.02. The molecule has 0 aliphatic carbocycles. The van der Waals surface area contributed by atoms with Crippen molar-refractivity contribution in [1.82, 2.24) is 5.32 Å². The van der Waals surface area contributed by atoms with Gasteiger partial charge >= 0.3 is 5.97 Å². The predicted molar refractivity (Wildman–Crippen MR) is 100.0 cm³/mol. The van der Waals surface area contributed by atoms with Gasteiger partial charge in [0.05, 0.1) is 18.4 Å². The highest BCUT2D eigenvalue weighted by Crippen LogP contribution is 2.28. The first-order valence-corrected chi connectivity index (χ1v) is 8.35. The number of hydrogen-bond acceptors (Lipinski definition) is 5. The normalized spacial score (nSPS) is 11.1. The number of carbonyl (C=O) groups excluding carboxylic acids is 1. The maximum Gasteiger partial charge on any atom is 0.335 e. The first kappa shape index (κ1) is 18.7. The van der Waals surface area contributed by atoms with Crippen molar-refractivity contribution < 1.29 is 23.5 Å². The van der Waals surface area contributed by atoms with Crippen LogP contribution in [0.1, 0.15) is 27.4 Å². The van der Waals surface area contributed by atoms with Gasteiger partial charge in [0, 0.05) is 11.6 Å². The number of benzene rings is 1. The molecule has 2 aromatic heterocycles. The highest BCUT2D eigenvalue weighted by Gasteiger charge is 2.15. The fraction of sp³-hybridized carbons (Fsp3) is 0.0952. The zero-order chi connectivity index (χ0) is 20.1. The molecular formula is C21H16N2O5. The van der Waals surface area contributed by atoms with E-state index >= 15 is 0 Å². The van der Waals surface area contributed by atoms with Gasteiger partial charge in [0.1, 0.15) is 28.9 Å². The molecule has 3 aromatic rings. The summed E-state index contributed by atoms with van der Waals surface area (Å²) in [4.78, 5) is 23.5. The van der Waals surface area contributed by atoms with Gasteiger partial charge in [-0.05, 0) is 42.8 Å². The molecule has 0 saturated heterocycles. The lowest BCUT2D eigenvalue weighted by Gasteiger charge is -2.06. The van der Waals surface area contributed by atoms with Crippen molar-refractivity contribution in [3.8, 4) is 17.4 Å². The molecule has 0 saturated carbocycles. The fourth-order valence-corrected chi connectivity index (χ4v) is 2.68. The van der Waals surface area contributed by atoms with Crippen LogP contribution >= 0.6 is 0 Å². The molecule has 0 unspecified atom stereocenters. The Kier molecular flexibility index (Phi) is 5.42. The minimum atomic E-state index is -1.02. The number of nitrogens with zero attached hydrogens (tertiary/aromatic N) is 1. The quantitative estimate of drug-likeness (QED) is 0.500. The molecular weight excluding hydrogens is 360 g/mol. The Balaban J connectivity index is 1.81. The number of nitrogens with one attached hydrogen (secondary N) is 1. The van der Waals surface area contributed by atoms with Crippen LogP contribution in [0.25, 0.3) is 17.4 Å². The molecule has 0 aliphatic heterocycles. The Morgan fingerprint density at radius 3 is 2.71 bits per heavy atom. The van der Waals surface area contributed by atoms with Crippen molar-refractivity contribution in [1.29, 1.82) is 5.26 Å². The topological polar surface area (TPSA) is 116 Å². The highest BCUT2D eigenvalue weighted by molar-refractivity contribution is 6.01. The molecule has 1 amide bonds. The molecule has 7 heteroatoms. The maximum absolute atomic E-state index is 12.2. The third-order valence-electron chi connectivity index (χ3n) is 4.11. The van der Waals surface area contributed by atoms with Crippen molar-refractivity contribution in [3.63, 3.8) is 0 Å². The fourth-order valence-electron chi connectivity index (χ4n) is 2.68. The summed E-state index contributed by atoms with van der Waals surface area (Å²) in [5, 5.41) is 21.1. The van der Waals surface area contributed by atoms with E-state index in [1.807, 2.05) is 6.07 Å². The van der Waals surface area contributed by atoms with E-state index in [9.17, 15) is 20.0 Å². The summed E-state index contributed by atoms with van der Waals surface area (Å²) in [7, 11) is 0. The van der Waals surface area contributed by atoms with Crippen LogP contribution in [0, 0.1) is 18.3 Å². The molecule has 28 heavy (non-hydrogen) atoms. The van der Waals surface area contributed by atoms with Crippen LogP contribution in [0.5, 0.6) is 0 Å². The maximum atomic E-state index is 12.2. The lowest BCUT2D eigenvalue weighted by Crippen LogP contribution is -2.23. The van der Waals surface area contributed by atoms with E-state index in [-0.39, 0.29) is 17.7 Å². The highest BCUT2D eigenvalue weighted by atomic mass is 16.4. The van der Waals surface area contributed by atoms with E-state index in [1.165, 1.54) is 18.4 Å². The first-order chi connectivity index (χ1) is 13.5. The monoisotopic (exact) mass is 376 g/mol. The SMILES string of the molecule is Cc1c(C(=O)O)cccc1-c1ccc(C=C(C#N)C(=O)NCc2ccco2)o1. The lowest BCUT2D eigenvalue weighted by molar-refractivity contribution is -0.117. The zero-order valence-corrected chi connectivity index (χ0v) is 14.9. The lowest BCUT2D eigenvalue weighted by atomic mass is 10.0. The van der Waals surface area contributed by atoms with Crippen LogP contribution in [0.15, 0.2) is 63.1 Å². The minimum Gasteiger partial charge on any atom is -0.478 e. The van der Waals surface area contributed by atoms with Gasteiger partial charge in [-0.25, -0.2) is 4.79 Å². The molecule has 7 nitrogen and oxygen atoms in total. The molecule has 140 valence electrons. The number of aromatic carboxylic acids is 1. The van der Waals surface area contributed by atoms with E-state index in [0.29, 0.717) is 28.4 Å². The molecule has 0 fully saturated rings. The van der Waals surface area contributed by atoms with Gasteiger partial charge in [-0.1, -0.05) is 12.1 Å². The van der Waals surface area contributed by atoms with Gasteiger partial charge in [0.2, 0.25) is 0 Å². The molecule has 2 heterocycles. The number of carboxylic acid groups (broad SMARTS) is 1. The second-order valence-electron chi connectivity index (χ2n) is 5.92. The molecule has 0 atom stereocenters. The van der Waals surface area contributed by atoms with Crippen molar-refractivity contribution in [2.45, 2.75) is 13.5 Å². The smallest absolute Gasteiger partial charge is 0.335 e. The van der Waals surface area contributed by atoms with Gasteiger partial charge in [0.25, 0.3) is 5.91 Å². The standard InChI is InChI=1S/C21H16N2O5/c1-13-17(5-2-6-18(13)21(25)26)19-8-7-15(28-19)10-14(11-22)20(24)23-12-16-4-3-9-27-16/h2-10H,12H2,1H3,(H,23,24)(H,25,26). The molecule has 3 rings (SSSR count). The molecule has 0 bridgehead atoms. The van der Waals surface area contributed by atoms with Crippen LogP contribution in [-0.2, 0) is 11.3 Å². The average Bonchev–Trinajstić information content (AvgIpc) is 3.36. The van der Waals surface area contributed by atoms with Gasteiger partial charge in [-0.2, -0.15) is 5.26 Å². The summed E-state index contributed by atoms with van der Waals surface area (Å²) >= 11 is 0. The Morgan fingerprint density at radius 1 is 1.21 bits per heavy atom. The second kappa shape index (κ2) is 8.10. The summed E-state index contributed by atoms with van der Waals surface area (Å²) in [6, 6.07) is 13.4. The van der Waals surface area contributed by atoms with Crippen LogP contribution in [0.4, 0.5) is 0 Å². The number of carboxylic acids is 1. The number of nitriles is 1. The predicted octanol–water partition coefficient (Wildman–Crippen LogP) is 3.77. The number of rotatable bonds is 6. The molecule has 0 aliphatic rings. The largest absolute Gasteiger partial charge is 0.478 e. The van der Waals surface area contributed by atoms with Crippen molar-refractivity contribution in [3.05, 3.63) is 76.9 Å². The Morgan fingerprint density at radius 2 is 2.04 bits per heavy atom. The van der Waals surface area contributed by atoms with E-state index in [1.54, 1.807) is 43.3 Å². The van der Waals surface area contributed by atoms with Gasteiger partial charge in [-0.3, -0.25) is 4.79 Å². The summed E-state index contributed by atoms with van der Waals surface area (Å²) < 4.78 is 10.8. The van der Waals surface area contributed by atoms with E-state index in [0.717, 1.165) is 0 Å². The van der Waals surface area contributed by atoms with Gasteiger partial charge in [-0.15, -0.1) is 0 Å². The minimum absolute atomic E-state index is 0.122. The average molecular weight is 376 g/mol. The Bertz CT molecular complexity index is 1080. The third-order valence-corrected chi connectivity index (χ3v) is 4.11. The molecule has 0 spiro atoms. The van der Waals surface area contributed by atoms with E-state index in [2.05, 4.69) is 5.32 Å². The number of hydrogen-bond donors (Lipinski definition) is 2. The first-order valence-electron chi connectivity index (χ1n) is 8.35. The molecule has 2 N–H and O–H groups in total. The van der Waals surface area contributed by atoms with Gasteiger partial charge in [0.15, 0.2) is 0 Å². The van der Waals surface area contributed by atoms with E-state index < -0.39 is 11.9 Å². The van der Waals surface area contributed by atoms with Crippen molar-refractivity contribution in [2.24, 2.45) is 0 Å². The summed E-state index contributed by atoms with van der Waals surface area (Å²) in [6.07, 6.45) is 2.83. The summed E-state index contributed by atoms with van der Waals surface area (Å²) in [6.45, 7) is 1.86.